The quantitative estimate of drug-likeness (QED) is 0.748. The topological polar surface area (TPSA) is 110 Å². The third-order valence-electron chi connectivity index (χ3n) is 5.08. The number of carboxylic acids is 1. The van der Waals surface area contributed by atoms with E-state index in [0.717, 1.165) is 18.9 Å². The van der Waals surface area contributed by atoms with Crippen LogP contribution in [0.2, 0.25) is 5.02 Å². The lowest BCUT2D eigenvalue weighted by atomic mass is 10.1. The maximum Gasteiger partial charge on any atom is 0.341 e. The van der Waals surface area contributed by atoms with Crippen LogP contribution in [0.15, 0.2) is 22.2 Å². The van der Waals surface area contributed by atoms with Gasteiger partial charge in [-0.3, -0.25) is 4.79 Å². The number of hydrogen-bond acceptors (Lipinski definition) is 6. The van der Waals surface area contributed by atoms with Crippen molar-refractivity contribution in [1.82, 2.24) is 4.57 Å². The Morgan fingerprint density at radius 1 is 1.46 bits per heavy atom. The summed E-state index contributed by atoms with van der Waals surface area (Å²) < 4.78 is 16.7. The van der Waals surface area contributed by atoms with E-state index in [-0.39, 0.29) is 35.2 Å². The average Bonchev–Trinajstić information content (AvgIpc) is 3.41. The number of aromatic nitrogens is 1. The summed E-state index contributed by atoms with van der Waals surface area (Å²) in [5.41, 5.74) is 5.87. The van der Waals surface area contributed by atoms with Crippen molar-refractivity contribution >= 4 is 39.9 Å². The number of nitrogens with two attached hydrogens (primary N) is 1. The van der Waals surface area contributed by atoms with E-state index in [9.17, 15) is 19.1 Å². The van der Waals surface area contributed by atoms with Gasteiger partial charge in [0, 0.05) is 18.8 Å². The Labute approximate surface area is 163 Å². The van der Waals surface area contributed by atoms with Crippen LogP contribution >= 0.6 is 11.6 Å². The molecular weight excluding hydrogens is 391 g/mol. The highest BCUT2D eigenvalue weighted by atomic mass is 35.5. The van der Waals surface area contributed by atoms with Crippen molar-refractivity contribution in [3.8, 4) is 0 Å². The lowest BCUT2D eigenvalue weighted by Crippen LogP contribution is -2.30. The maximum atomic E-state index is 15.0. The van der Waals surface area contributed by atoms with Crippen molar-refractivity contribution in [1.29, 1.82) is 0 Å². The molecule has 1 saturated carbocycles. The Morgan fingerprint density at radius 2 is 2.18 bits per heavy atom. The summed E-state index contributed by atoms with van der Waals surface area (Å²) in [7, 11) is 1.40. The monoisotopic (exact) mass is 408 g/mol. The molecule has 28 heavy (non-hydrogen) atoms. The first-order chi connectivity index (χ1) is 13.3. The molecule has 1 aliphatic carbocycles. The number of oxime groups is 1. The number of anilines is 1. The van der Waals surface area contributed by atoms with Crippen molar-refractivity contribution < 1.29 is 19.1 Å². The number of rotatable bonds is 4. The summed E-state index contributed by atoms with van der Waals surface area (Å²) in [6, 6.07) is 0.649. The van der Waals surface area contributed by atoms with Crippen LogP contribution in [0.3, 0.4) is 0 Å². The summed E-state index contributed by atoms with van der Waals surface area (Å²) in [5.74, 6) is -2.07. The predicted molar refractivity (Wildman–Crippen MR) is 103 cm³/mol. The third-order valence-corrected chi connectivity index (χ3v) is 5.44. The summed E-state index contributed by atoms with van der Waals surface area (Å²) in [6.07, 6.45) is 2.96. The number of carbonyl (C=O) groups is 1. The normalized spacial score (nSPS) is 20.9. The molecule has 2 fully saturated rings. The molecule has 1 aromatic carbocycles. The van der Waals surface area contributed by atoms with Crippen molar-refractivity contribution in [3.63, 3.8) is 0 Å². The number of pyridine rings is 1. The van der Waals surface area contributed by atoms with Gasteiger partial charge in [-0.05, 0) is 18.9 Å². The zero-order valence-electron chi connectivity index (χ0n) is 15.0. The molecule has 2 heterocycles. The molecule has 1 aliphatic heterocycles. The van der Waals surface area contributed by atoms with E-state index in [1.165, 1.54) is 13.3 Å². The van der Waals surface area contributed by atoms with E-state index in [4.69, 9.17) is 22.2 Å². The van der Waals surface area contributed by atoms with Gasteiger partial charge in [0.2, 0.25) is 5.43 Å². The molecule has 2 aromatic rings. The molecule has 3 N–H and O–H groups in total. The Kier molecular flexibility index (Phi) is 4.51. The van der Waals surface area contributed by atoms with Crippen LogP contribution < -0.4 is 16.1 Å². The second-order valence-corrected chi connectivity index (χ2v) is 7.36. The van der Waals surface area contributed by atoms with Crippen LogP contribution in [0.25, 0.3) is 10.9 Å². The lowest BCUT2D eigenvalue weighted by molar-refractivity contribution is 0.0695. The summed E-state index contributed by atoms with van der Waals surface area (Å²) in [5, 5.41) is 13.2. The van der Waals surface area contributed by atoms with Crippen LogP contribution in [0.5, 0.6) is 0 Å². The Morgan fingerprint density at radius 3 is 2.79 bits per heavy atom. The van der Waals surface area contributed by atoms with Gasteiger partial charge in [-0.2, -0.15) is 0 Å². The predicted octanol–water partition coefficient (Wildman–Crippen LogP) is 1.98. The fraction of sp³-hybridized carbons (Fsp3) is 0.389. The fourth-order valence-electron chi connectivity index (χ4n) is 3.62. The van der Waals surface area contributed by atoms with Gasteiger partial charge in [0.15, 0.2) is 0 Å². The van der Waals surface area contributed by atoms with E-state index in [2.05, 4.69) is 5.16 Å². The standard InChI is InChI=1S/C18H18ClFN4O4/c1-28-22-13-7-23(6-12(13)21)16-11(20)4-9-15(14(16)19)24(8-2-3-8)5-10(17(9)25)18(26)27/h4-5,8,12H,2-3,6-7,21H2,1H3,(H,26,27)/b22-13-. The molecule has 1 aromatic heterocycles. The molecular formula is C18H18ClFN4O4. The van der Waals surface area contributed by atoms with Gasteiger partial charge in [-0.25, -0.2) is 9.18 Å². The lowest BCUT2D eigenvalue weighted by Gasteiger charge is -2.22. The molecule has 4 rings (SSSR count). The smallest absolute Gasteiger partial charge is 0.341 e. The first-order valence-corrected chi connectivity index (χ1v) is 9.11. The van der Waals surface area contributed by atoms with Crippen LogP contribution in [0.1, 0.15) is 29.2 Å². The van der Waals surface area contributed by atoms with Crippen LogP contribution in [0, 0.1) is 5.82 Å². The molecule has 148 valence electrons. The maximum absolute atomic E-state index is 15.0. The molecule has 0 bridgehead atoms. The number of nitrogens with zero attached hydrogens (tertiary/aromatic N) is 3. The SMILES string of the molecule is CO/N=C1/CN(c2c(F)cc3c(=O)c(C(=O)O)cn(C4CC4)c3c2Cl)CC1N. The molecule has 0 spiro atoms. The molecule has 1 unspecified atom stereocenters. The second-order valence-electron chi connectivity index (χ2n) is 6.98. The number of hydrogen-bond donors (Lipinski definition) is 2. The van der Waals surface area contributed by atoms with Crippen LogP contribution in [0.4, 0.5) is 10.1 Å². The Hall–Kier alpha value is -2.65. The van der Waals surface area contributed by atoms with Crippen molar-refractivity contribution in [2.24, 2.45) is 10.9 Å². The van der Waals surface area contributed by atoms with Crippen LogP contribution in [-0.2, 0) is 4.84 Å². The van der Waals surface area contributed by atoms with Crippen LogP contribution in [-0.4, -0.2) is 47.6 Å². The number of aromatic carboxylic acids is 1. The molecule has 0 radical (unpaired) electrons. The number of halogens is 2. The zero-order chi connectivity index (χ0) is 20.2. The van der Waals surface area contributed by atoms with Crippen molar-refractivity contribution in [3.05, 3.63) is 38.9 Å². The van der Waals surface area contributed by atoms with Gasteiger partial charge in [0.05, 0.1) is 39.9 Å². The van der Waals surface area contributed by atoms with Crippen molar-refractivity contribution in [2.75, 3.05) is 25.1 Å². The fourth-order valence-corrected chi connectivity index (χ4v) is 4.03. The Balaban J connectivity index is 1.95. The minimum atomic E-state index is -1.35. The van der Waals surface area contributed by atoms with E-state index in [1.807, 2.05) is 0 Å². The average molecular weight is 409 g/mol. The minimum Gasteiger partial charge on any atom is -0.477 e. The van der Waals surface area contributed by atoms with Crippen molar-refractivity contribution in [2.45, 2.75) is 24.9 Å². The van der Waals surface area contributed by atoms with E-state index >= 15 is 0 Å². The molecule has 0 amide bonds. The minimum absolute atomic E-state index is 0.0310. The third kappa shape index (κ3) is 2.91. The first-order valence-electron chi connectivity index (χ1n) is 8.74. The molecule has 2 aliphatic rings. The van der Waals surface area contributed by atoms with E-state index in [1.54, 1.807) is 9.47 Å². The van der Waals surface area contributed by atoms with Gasteiger partial charge in [0.1, 0.15) is 18.5 Å². The van der Waals surface area contributed by atoms with Gasteiger partial charge in [0.25, 0.3) is 0 Å². The molecule has 8 nitrogen and oxygen atoms in total. The van der Waals surface area contributed by atoms with E-state index < -0.39 is 28.8 Å². The number of carboxylic acid groups (broad SMARTS) is 1. The summed E-state index contributed by atoms with van der Waals surface area (Å²) >= 11 is 6.58. The highest BCUT2D eigenvalue weighted by molar-refractivity contribution is 6.38. The molecule has 10 heteroatoms. The molecule has 1 saturated heterocycles. The Bertz CT molecular complexity index is 1080. The van der Waals surface area contributed by atoms with Gasteiger partial charge in [-0.1, -0.05) is 16.8 Å². The second kappa shape index (κ2) is 6.75. The highest BCUT2D eigenvalue weighted by Crippen LogP contribution is 2.42. The largest absolute Gasteiger partial charge is 0.477 e. The van der Waals surface area contributed by atoms with Gasteiger partial charge >= 0.3 is 5.97 Å². The molecule has 1 atom stereocenters. The first kappa shape index (κ1) is 18.7. The number of fused-ring (bicyclic) bond motifs is 1. The van der Waals surface area contributed by atoms with Gasteiger partial charge in [-0.15, -0.1) is 0 Å². The highest BCUT2D eigenvalue weighted by Gasteiger charge is 2.33. The summed E-state index contributed by atoms with van der Waals surface area (Å²) in [6.45, 7) is 0.517. The number of benzene rings is 1. The van der Waals surface area contributed by atoms with Gasteiger partial charge < -0.3 is 25.1 Å². The summed E-state index contributed by atoms with van der Waals surface area (Å²) in [4.78, 5) is 30.5. The zero-order valence-corrected chi connectivity index (χ0v) is 15.7. The van der Waals surface area contributed by atoms with E-state index in [0.29, 0.717) is 11.2 Å².